The molecule has 0 saturated heterocycles. The van der Waals surface area contributed by atoms with E-state index in [0.29, 0.717) is 11.5 Å². The number of hydrogen-bond acceptors (Lipinski definition) is 5. The van der Waals surface area contributed by atoms with E-state index in [1.807, 2.05) is 109 Å². The van der Waals surface area contributed by atoms with E-state index in [-0.39, 0.29) is 0 Å². The molecule has 0 unspecified atom stereocenters. The van der Waals surface area contributed by atoms with Gasteiger partial charge in [-0.25, -0.2) is 18.8 Å². The summed E-state index contributed by atoms with van der Waals surface area (Å²) >= 11 is 0. The van der Waals surface area contributed by atoms with Gasteiger partial charge >= 0.3 is 11.4 Å². The molecule has 37 heavy (non-hydrogen) atoms. The lowest BCUT2D eigenvalue weighted by molar-refractivity contribution is -0.000976. The lowest BCUT2D eigenvalue weighted by Gasteiger charge is -2.49. The first-order chi connectivity index (χ1) is 18.1. The lowest BCUT2D eigenvalue weighted by Crippen LogP contribution is -2.66. The van der Waals surface area contributed by atoms with Gasteiger partial charge in [-0.1, -0.05) is 83.5 Å². The summed E-state index contributed by atoms with van der Waals surface area (Å²) in [5, 5.41) is 4.56. The molecule has 4 heterocycles. The largest absolute Gasteiger partial charge is 0.381 e. The number of anilines is 1. The second-order valence-corrected chi connectivity index (χ2v) is 9.39. The van der Waals surface area contributed by atoms with Gasteiger partial charge in [0.25, 0.3) is 0 Å². The van der Waals surface area contributed by atoms with Crippen LogP contribution < -0.4 is 16.3 Å². The number of rotatable bonds is 3. The fraction of sp³-hybridized carbons (Fsp3) is 0.138. The first-order valence-electron chi connectivity index (χ1n) is 12.2. The molecule has 8 heteroatoms. The van der Waals surface area contributed by atoms with Gasteiger partial charge in [0.05, 0.1) is 11.7 Å². The average Bonchev–Trinajstić information content (AvgIpc) is 3.06. The number of aryl methyl sites for hydroxylation is 1. The molecule has 0 saturated carbocycles. The van der Waals surface area contributed by atoms with Crippen LogP contribution in [0.5, 0.6) is 0 Å². The topological polar surface area (TPSA) is 73.8 Å². The molecule has 0 fully saturated rings. The molecule has 0 N–H and O–H groups in total. The number of aromatic nitrogens is 3. The van der Waals surface area contributed by atoms with Crippen molar-refractivity contribution in [3.63, 3.8) is 0 Å². The van der Waals surface area contributed by atoms with E-state index in [2.05, 4.69) is 5.16 Å². The Morgan fingerprint density at radius 2 is 1.49 bits per heavy atom. The van der Waals surface area contributed by atoms with Gasteiger partial charge in [0.2, 0.25) is 5.66 Å². The molecular weight excluding hydrogens is 466 g/mol. The zero-order chi connectivity index (χ0) is 25.1. The van der Waals surface area contributed by atoms with Gasteiger partial charge in [0.15, 0.2) is 11.9 Å². The van der Waals surface area contributed by atoms with Crippen LogP contribution in [-0.4, -0.2) is 25.9 Å². The van der Waals surface area contributed by atoms with E-state index in [1.165, 1.54) is 13.9 Å². The number of para-hydroxylation sites is 1. The van der Waals surface area contributed by atoms with Crippen molar-refractivity contribution >= 4 is 11.5 Å². The van der Waals surface area contributed by atoms with E-state index in [9.17, 15) is 9.59 Å². The highest BCUT2D eigenvalue weighted by atomic mass is 16.6. The standard InChI is InChI=1S/C29H23N5O3/c1-20-12-14-23(15-13-20)32-26(21-8-4-2-5-9-21)30-37-25-17-16-24-18-19-29(25,32)34-28(36)31(27(35)33(24)34)22-10-6-3-7-11-22/h2-19,24-25H,1H3/t24-,25-,29-/m1/s1. The Labute approximate surface area is 212 Å². The highest BCUT2D eigenvalue weighted by Gasteiger charge is 2.56. The normalized spacial score (nSPS) is 23.2. The van der Waals surface area contributed by atoms with Gasteiger partial charge in [0, 0.05) is 11.3 Å². The zero-order valence-electron chi connectivity index (χ0n) is 20.0. The van der Waals surface area contributed by atoms with Gasteiger partial charge in [-0.05, 0) is 43.3 Å². The maximum Gasteiger partial charge on any atom is 0.354 e. The smallest absolute Gasteiger partial charge is 0.354 e. The van der Waals surface area contributed by atoms with Crippen LogP contribution in [0.1, 0.15) is 17.2 Å². The number of hydrogen-bond donors (Lipinski definition) is 0. The molecule has 3 aliphatic heterocycles. The van der Waals surface area contributed by atoms with E-state index in [0.717, 1.165) is 16.8 Å². The molecule has 2 bridgehead atoms. The number of allylic oxidation sites excluding steroid dienone is 2. The van der Waals surface area contributed by atoms with Crippen molar-refractivity contribution in [3.05, 3.63) is 141 Å². The Bertz CT molecular complexity index is 1710. The quantitative estimate of drug-likeness (QED) is 0.412. The summed E-state index contributed by atoms with van der Waals surface area (Å²) in [4.78, 5) is 36.2. The Morgan fingerprint density at radius 1 is 0.784 bits per heavy atom. The maximum absolute atomic E-state index is 14.2. The van der Waals surface area contributed by atoms with E-state index in [4.69, 9.17) is 4.84 Å². The molecule has 3 atom stereocenters. The van der Waals surface area contributed by atoms with Crippen molar-refractivity contribution in [2.45, 2.75) is 24.7 Å². The van der Waals surface area contributed by atoms with Crippen molar-refractivity contribution in [3.8, 4) is 5.69 Å². The minimum absolute atomic E-state index is 0.414. The van der Waals surface area contributed by atoms with Gasteiger partial charge < -0.3 is 4.84 Å². The zero-order valence-corrected chi connectivity index (χ0v) is 20.0. The molecular formula is C29H23N5O3. The van der Waals surface area contributed by atoms with Crippen LogP contribution in [0.2, 0.25) is 0 Å². The molecule has 8 rings (SSSR count). The second-order valence-electron chi connectivity index (χ2n) is 9.39. The monoisotopic (exact) mass is 489 g/mol. The molecule has 1 spiro atoms. The van der Waals surface area contributed by atoms with Crippen LogP contribution in [0.4, 0.5) is 5.69 Å². The van der Waals surface area contributed by atoms with Gasteiger partial charge in [-0.15, -0.1) is 0 Å². The molecule has 4 aromatic rings. The van der Waals surface area contributed by atoms with Crippen LogP contribution in [0, 0.1) is 6.92 Å². The van der Waals surface area contributed by atoms with Gasteiger partial charge in [-0.2, -0.15) is 4.68 Å². The Morgan fingerprint density at radius 3 is 2.22 bits per heavy atom. The maximum atomic E-state index is 14.2. The van der Waals surface area contributed by atoms with Crippen LogP contribution in [0.3, 0.4) is 0 Å². The summed E-state index contributed by atoms with van der Waals surface area (Å²) in [5.41, 5.74) is 1.17. The Balaban J connectivity index is 1.57. The molecule has 182 valence electrons. The third-order valence-electron chi connectivity index (χ3n) is 7.20. The lowest BCUT2D eigenvalue weighted by atomic mass is 9.96. The summed E-state index contributed by atoms with van der Waals surface area (Å²) in [6.07, 6.45) is 7.03. The van der Waals surface area contributed by atoms with Crippen molar-refractivity contribution < 1.29 is 4.84 Å². The Hall–Kier alpha value is -4.85. The van der Waals surface area contributed by atoms with Crippen LogP contribution in [0.15, 0.2) is 124 Å². The van der Waals surface area contributed by atoms with Crippen LogP contribution >= 0.6 is 0 Å². The first kappa shape index (κ1) is 21.4. The van der Waals surface area contributed by atoms with Crippen molar-refractivity contribution in [2.24, 2.45) is 5.16 Å². The fourth-order valence-electron chi connectivity index (χ4n) is 5.47. The number of benzene rings is 3. The third-order valence-corrected chi connectivity index (χ3v) is 7.20. The number of nitrogens with zero attached hydrogens (tertiary/aromatic N) is 5. The van der Waals surface area contributed by atoms with E-state index in [1.54, 1.807) is 12.1 Å². The van der Waals surface area contributed by atoms with Crippen LogP contribution in [0.25, 0.3) is 5.69 Å². The summed E-state index contributed by atoms with van der Waals surface area (Å²) in [7, 11) is 0. The predicted octanol–water partition coefficient (Wildman–Crippen LogP) is 3.71. The number of amidine groups is 1. The van der Waals surface area contributed by atoms with Crippen molar-refractivity contribution in [1.82, 2.24) is 13.9 Å². The molecule has 0 amide bonds. The molecule has 1 aliphatic carbocycles. The number of oxime groups is 1. The SMILES string of the molecule is Cc1ccc(N2C(c3ccccc3)=NO[C@@H]3C=C[C@@H]4C=C[C@@]32n2c(=O)n(-c3ccccc3)c(=O)n24)cc1. The van der Waals surface area contributed by atoms with Crippen molar-refractivity contribution in [2.75, 3.05) is 4.90 Å². The summed E-state index contributed by atoms with van der Waals surface area (Å²) in [6.45, 7) is 2.03. The second kappa shape index (κ2) is 7.83. The van der Waals surface area contributed by atoms with E-state index < -0.39 is 29.2 Å². The summed E-state index contributed by atoms with van der Waals surface area (Å²) in [6, 6.07) is 26.3. The van der Waals surface area contributed by atoms with Gasteiger partial charge in [-0.3, -0.25) is 4.90 Å². The van der Waals surface area contributed by atoms with Crippen LogP contribution in [-0.2, 0) is 10.5 Å². The average molecular weight is 490 g/mol. The molecule has 0 radical (unpaired) electrons. The molecule has 3 aromatic carbocycles. The van der Waals surface area contributed by atoms with Crippen molar-refractivity contribution in [1.29, 1.82) is 0 Å². The minimum atomic E-state index is -1.22. The summed E-state index contributed by atoms with van der Waals surface area (Å²) in [5.74, 6) is 0.539. The fourth-order valence-corrected chi connectivity index (χ4v) is 5.47. The highest BCUT2D eigenvalue weighted by molar-refractivity contribution is 6.11. The predicted molar refractivity (Wildman–Crippen MR) is 141 cm³/mol. The third kappa shape index (κ3) is 2.92. The molecule has 8 nitrogen and oxygen atoms in total. The van der Waals surface area contributed by atoms with Gasteiger partial charge in [0.1, 0.15) is 0 Å². The molecule has 4 aliphatic rings. The molecule has 1 aromatic heterocycles. The minimum Gasteiger partial charge on any atom is -0.381 e. The highest BCUT2D eigenvalue weighted by Crippen LogP contribution is 2.43. The summed E-state index contributed by atoms with van der Waals surface area (Å²) < 4.78 is 4.28. The van der Waals surface area contributed by atoms with E-state index >= 15 is 0 Å². The first-order valence-corrected chi connectivity index (χ1v) is 12.2. The Kier molecular flexibility index (Phi) is 4.53.